The van der Waals surface area contributed by atoms with E-state index >= 15 is 0 Å². The van der Waals surface area contributed by atoms with Crippen molar-refractivity contribution < 1.29 is 29.0 Å². The van der Waals surface area contributed by atoms with E-state index in [9.17, 15) is 29.0 Å². The number of aliphatic hydroxyl groups excluding tert-OH is 1. The minimum Gasteiger partial charge on any atom is -0.508 e. The standard InChI is InChI=1S/C33H37FNO5P.CH4S/c1-3-27(34)16-11-23(2)31(36)20-15-25-8-7-21-35(28-9-5-4-6-10-28)33(25)30-19-14-26(22-32(30)37)24-12-17-29(18-13-24)41(38,39)40;1-2/h3-6,9-14,16-19,22,25,31,33,36-37H,1,7-8,15,20-21H2,2H3,(H2,38,39,40);2H,1H3/b23-11+,27-16+;. The van der Waals surface area contributed by atoms with Crippen LogP contribution in [0.2, 0.25) is 0 Å². The Bertz CT molecular complexity index is 1460. The third kappa shape index (κ3) is 9.18. The molecule has 0 aromatic heterocycles. The van der Waals surface area contributed by atoms with Crippen molar-refractivity contribution in [2.75, 3.05) is 17.7 Å². The summed E-state index contributed by atoms with van der Waals surface area (Å²) in [4.78, 5) is 21.1. The fourth-order valence-electron chi connectivity index (χ4n) is 5.52. The molecule has 0 aliphatic carbocycles. The maximum absolute atomic E-state index is 13.5. The highest BCUT2D eigenvalue weighted by atomic mass is 32.1. The normalized spacial score (nSPS) is 18.4. The molecular formula is C34H41FNO5PS. The average molecular weight is 626 g/mol. The van der Waals surface area contributed by atoms with Crippen LogP contribution in [0, 0.1) is 5.92 Å². The van der Waals surface area contributed by atoms with Crippen LogP contribution in [0.1, 0.15) is 44.2 Å². The van der Waals surface area contributed by atoms with Crippen LogP contribution in [0.4, 0.5) is 10.1 Å². The van der Waals surface area contributed by atoms with Gasteiger partial charge in [-0.3, -0.25) is 4.57 Å². The van der Waals surface area contributed by atoms with E-state index in [1.165, 1.54) is 18.2 Å². The molecular weight excluding hydrogens is 584 g/mol. The summed E-state index contributed by atoms with van der Waals surface area (Å²) in [6.45, 7) is 6.01. The topological polar surface area (TPSA) is 101 Å². The van der Waals surface area contributed by atoms with Crippen LogP contribution in [0.5, 0.6) is 5.75 Å². The zero-order chi connectivity index (χ0) is 31.6. The number of halogens is 1. The number of para-hydroxylation sites is 1. The van der Waals surface area contributed by atoms with E-state index in [4.69, 9.17) is 0 Å². The second kappa shape index (κ2) is 16.1. The van der Waals surface area contributed by atoms with Gasteiger partial charge in [0.2, 0.25) is 0 Å². The number of allylic oxidation sites excluding steroid dienone is 4. The van der Waals surface area contributed by atoms with Crippen molar-refractivity contribution in [3.63, 3.8) is 0 Å². The summed E-state index contributed by atoms with van der Waals surface area (Å²) in [6, 6.07) is 21.6. The molecule has 1 heterocycles. The van der Waals surface area contributed by atoms with Gasteiger partial charge in [-0.1, -0.05) is 55.1 Å². The Morgan fingerprint density at radius 1 is 1.07 bits per heavy atom. The first-order valence-corrected chi connectivity index (χ1v) is 16.7. The van der Waals surface area contributed by atoms with E-state index in [1.807, 2.05) is 30.3 Å². The summed E-state index contributed by atoms with van der Waals surface area (Å²) in [6.07, 6.45) is 8.08. The smallest absolute Gasteiger partial charge is 0.356 e. The first-order chi connectivity index (χ1) is 20.6. The van der Waals surface area contributed by atoms with E-state index in [-0.39, 0.29) is 23.0 Å². The maximum Gasteiger partial charge on any atom is 0.356 e. The lowest BCUT2D eigenvalue weighted by Gasteiger charge is -2.44. The van der Waals surface area contributed by atoms with Crippen LogP contribution >= 0.6 is 20.2 Å². The van der Waals surface area contributed by atoms with Crippen molar-refractivity contribution in [1.29, 1.82) is 0 Å². The molecule has 3 atom stereocenters. The van der Waals surface area contributed by atoms with Crippen molar-refractivity contribution in [3.05, 3.63) is 115 Å². The lowest BCUT2D eigenvalue weighted by molar-refractivity contribution is 0.177. The van der Waals surface area contributed by atoms with Crippen LogP contribution in [-0.4, -0.2) is 38.9 Å². The van der Waals surface area contributed by atoms with Gasteiger partial charge >= 0.3 is 7.60 Å². The molecule has 0 amide bonds. The number of hydrogen-bond acceptors (Lipinski definition) is 5. The summed E-state index contributed by atoms with van der Waals surface area (Å²) in [5.41, 5.74) is 3.98. The lowest BCUT2D eigenvalue weighted by atomic mass is 9.80. The quantitative estimate of drug-likeness (QED) is 0.0910. The Hall–Kier alpha value is -3.13. The monoisotopic (exact) mass is 625 g/mol. The molecule has 3 aromatic carbocycles. The Kier molecular flexibility index (Phi) is 12.9. The third-order valence-electron chi connectivity index (χ3n) is 7.77. The summed E-state index contributed by atoms with van der Waals surface area (Å²) < 4.78 is 25.0. The number of hydrogen-bond donors (Lipinski definition) is 5. The highest BCUT2D eigenvalue weighted by molar-refractivity contribution is 7.79. The largest absolute Gasteiger partial charge is 0.508 e. The molecule has 3 unspecified atom stereocenters. The molecule has 3 aromatic rings. The fourth-order valence-corrected chi connectivity index (χ4v) is 6.06. The second-order valence-corrected chi connectivity index (χ2v) is 12.1. The number of aromatic hydroxyl groups is 1. The van der Waals surface area contributed by atoms with Crippen LogP contribution in [0.25, 0.3) is 11.1 Å². The van der Waals surface area contributed by atoms with Crippen LogP contribution in [0.15, 0.2) is 109 Å². The third-order valence-corrected chi connectivity index (χ3v) is 8.74. The highest BCUT2D eigenvalue weighted by Gasteiger charge is 2.34. The number of aliphatic hydroxyl groups is 1. The van der Waals surface area contributed by atoms with E-state index in [0.29, 0.717) is 18.4 Å². The van der Waals surface area contributed by atoms with E-state index in [1.54, 1.807) is 37.5 Å². The van der Waals surface area contributed by atoms with Crippen molar-refractivity contribution in [1.82, 2.24) is 0 Å². The predicted octanol–water partition coefficient (Wildman–Crippen LogP) is 7.49. The first-order valence-electron chi connectivity index (χ1n) is 14.2. The molecule has 1 fully saturated rings. The molecule has 6 nitrogen and oxygen atoms in total. The highest BCUT2D eigenvalue weighted by Crippen LogP contribution is 2.45. The zero-order valence-corrected chi connectivity index (χ0v) is 26.3. The van der Waals surface area contributed by atoms with Gasteiger partial charge in [0, 0.05) is 17.8 Å². The fraction of sp³-hybridized carbons (Fsp3) is 0.294. The predicted molar refractivity (Wildman–Crippen MR) is 178 cm³/mol. The van der Waals surface area contributed by atoms with Gasteiger partial charge in [-0.2, -0.15) is 12.6 Å². The number of nitrogens with zero attached hydrogens (tertiary/aromatic N) is 1. The Balaban J connectivity index is 0.00000248. The molecule has 230 valence electrons. The van der Waals surface area contributed by atoms with Crippen molar-refractivity contribution >= 4 is 31.2 Å². The number of phenolic OH excluding ortho intramolecular Hbond substituents is 1. The molecule has 1 aliphatic heterocycles. The molecule has 0 spiro atoms. The van der Waals surface area contributed by atoms with E-state index in [2.05, 4.69) is 36.2 Å². The average Bonchev–Trinajstić information content (AvgIpc) is 3.03. The van der Waals surface area contributed by atoms with Gasteiger partial charge in [0.15, 0.2) is 0 Å². The molecule has 1 saturated heterocycles. The summed E-state index contributed by atoms with van der Waals surface area (Å²) >= 11 is 3.53. The summed E-state index contributed by atoms with van der Waals surface area (Å²) in [7, 11) is -4.34. The molecule has 0 radical (unpaired) electrons. The van der Waals surface area contributed by atoms with Gasteiger partial charge in [0.1, 0.15) is 11.6 Å². The molecule has 0 saturated carbocycles. The number of phenols is 1. The Labute approximate surface area is 259 Å². The van der Waals surface area contributed by atoms with Crippen LogP contribution < -0.4 is 10.2 Å². The minimum absolute atomic E-state index is 0.0558. The van der Waals surface area contributed by atoms with E-state index in [0.717, 1.165) is 47.8 Å². The Morgan fingerprint density at radius 2 is 1.72 bits per heavy atom. The number of thiol groups is 1. The van der Waals surface area contributed by atoms with Crippen molar-refractivity contribution in [3.8, 4) is 16.9 Å². The van der Waals surface area contributed by atoms with Gasteiger partial charge in [-0.25, -0.2) is 4.39 Å². The van der Waals surface area contributed by atoms with Gasteiger partial charge < -0.3 is 24.9 Å². The van der Waals surface area contributed by atoms with Crippen molar-refractivity contribution in [2.45, 2.75) is 44.8 Å². The molecule has 1 aliphatic rings. The van der Waals surface area contributed by atoms with Crippen LogP contribution in [-0.2, 0) is 4.57 Å². The van der Waals surface area contributed by atoms with Crippen LogP contribution in [0.3, 0.4) is 0 Å². The second-order valence-electron chi connectivity index (χ2n) is 10.5. The number of benzene rings is 3. The molecule has 4 N–H and O–H groups in total. The van der Waals surface area contributed by atoms with Gasteiger partial charge in [-0.15, -0.1) is 0 Å². The van der Waals surface area contributed by atoms with Gasteiger partial charge in [-0.05, 0) is 104 Å². The SMILES string of the molecule is C=C/C(F)=C\C=C(/C)C(O)CCC1CCCN(c2ccccc2)C1c1ccc(-c2ccc(P(=O)(O)O)cc2)cc1O.CS. The molecule has 0 bridgehead atoms. The molecule has 4 rings (SSSR count). The minimum atomic E-state index is -4.34. The lowest BCUT2D eigenvalue weighted by Crippen LogP contribution is -2.39. The molecule has 43 heavy (non-hydrogen) atoms. The molecule has 9 heteroatoms. The first kappa shape index (κ1) is 34.4. The van der Waals surface area contributed by atoms with Gasteiger partial charge in [0.05, 0.1) is 17.5 Å². The van der Waals surface area contributed by atoms with Gasteiger partial charge in [0.25, 0.3) is 0 Å². The maximum atomic E-state index is 13.5. The zero-order valence-electron chi connectivity index (χ0n) is 24.6. The Morgan fingerprint density at radius 3 is 2.33 bits per heavy atom. The number of rotatable bonds is 10. The number of piperidine rings is 1. The van der Waals surface area contributed by atoms with Crippen molar-refractivity contribution in [2.24, 2.45) is 5.92 Å². The van der Waals surface area contributed by atoms with E-state index < -0.39 is 19.5 Å². The summed E-state index contributed by atoms with van der Waals surface area (Å²) in [5.74, 6) is -0.175. The summed E-state index contributed by atoms with van der Waals surface area (Å²) in [5, 5.41) is 22.1. The number of anilines is 1.